The van der Waals surface area contributed by atoms with E-state index in [0.717, 1.165) is 37.1 Å². The molecular weight excluding hydrogens is 252 g/mol. The zero-order valence-corrected chi connectivity index (χ0v) is 12.2. The Kier molecular flexibility index (Phi) is 4.77. The minimum atomic E-state index is -0.0995. The summed E-state index contributed by atoms with van der Waals surface area (Å²) in [5, 5.41) is 3.01. The molecule has 1 aromatic rings. The predicted octanol–water partition coefficient (Wildman–Crippen LogP) is 2.45. The van der Waals surface area contributed by atoms with Crippen LogP contribution in [0.4, 0.5) is 5.69 Å². The number of nitrogens with zero attached hydrogens (tertiary/aromatic N) is 1. The first-order valence-corrected chi connectivity index (χ1v) is 7.26. The first-order valence-electron chi connectivity index (χ1n) is 7.26. The number of carbonyl (C=O) groups is 2. The number of likely N-dealkylation sites (tertiary alicyclic amines) is 1. The Morgan fingerprint density at radius 1 is 1.35 bits per heavy atom. The van der Waals surface area contributed by atoms with Gasteiger partial charge in [-0.2, -0.15) is 0 Å². The topological polar surface area (TPSA) is 49.4 Å². The van der Waals surface area contributed by atoms with E-state index in [1.54, 1.807) is 11.8 Å². The number of amides is 2. The molecule has 1 N–H and O–H groups in total. The first kappa shape index (κ1) is 14.6. The molecule has 20 heavy (non-hydrogen) atoms. The normalized spacial score (nSPS) is 18.7. The molecule has 0 bridgehead atoms. The number of para-hydroxylation sites is 1. The van der Waals surface area contributed by atoms with E-state index in [1.807, 2.05) is 24.3 Å². The van der Waals surface area contributed by atoms with Crippen molar-refractivity contribution in [2.45, 2.75) is 33.1 Å². The van der Waals surface area contributed by atoms with Crippen molar-refractivity contribution in [1.82, 2.24) is 4.90 Å². The maximum absolute atomic E-state index is 12.4. The van der Waals surface area contributed by atoms with Gasteiger partial charge >= 0.3 is 0 Å². The molecule has 4 heteroatoms. The number of benzene rings is 1. The highest BCUT2D eigenvalue weighted by Crippen LogP contribution is 2.21. The highest BCUT2D eigenvalue weighted by Gasteiger charge is 2.27. The molecule has 1 atom stereocenters. The van der Waals surface area contributed by atoms with Crippen LogP contribution >= 0.6 is 0 Å². The van der Waals surface area contributed by atoms with Gasteiger partial charge in [-0.25, -0.2) is 0 Å². The summed E-state index contributed by atoms with van der Waals surface area (Å²) in [7, 11) is 0. The summed E-state index contributed by atoms with van der Waals surface area (Å²) in [6.45, 7) is 4.94. The monoisotopic (exact) mass is 274 g/mol. The lowest BCUT2D eigenvalue weighted by Crippen LogP contribution is -2.42. The van der Waals surface area contributed by atoms with Crippen LogP contribution in [0.1, 0.15) is 32.3 Å². The van der Waals surface area contributed by atoms with Gasteiger partial charge in [0.15, 0.2) is 0 Å². The number of aryl methyl sites for hydroxylation is 1. The van der Waals surface area contributed by atoms with Gasteiger partial charge in [-0.1, -0.05) is 25.1 Å². The zero-order valence-electron chi connectivity index (χ0n) is 12.2. The van der Waals surface area contributed by atoms with E-state index in [2.05, 4.69) is 12.2 Å². The maximum Gasteiger partial charge on any atom is 0.229 e. The molecule has 1 unspecified atom stereocenters. The van der Waals surface area contributed by atoms with Gasteiger partial charge in [0.25, 0.3) is 0 Å². The third-order valence-corrected chi connectivity index (χ3v) is 3.89. The molecule has 2 rings (SSSR count). The lowest BCUT2D eigenvalue weighted by Gasteiger charge is -2.31. The molecular formula is C16H22N2O2. The van der Waals surface area contributed by atoms with Crippen LogP contribution in [-0.2, 0) is 16.0 Å². The summed E-state index contributed by atoms with van der Waals surface area (Å²) in [4.78, 5) is 25.5. The van der Waals surface area contributed by atoms with E-state index < -0.39 is 0 Å². The Morgan fingerprint density at radius 2 is 2.10 bits per heavy atom. The number of hydrogen-bond donors (Lipinski definition) is 1. The van der Waals surface area contributed by atoms with Crippen LogP contribution in [0.3, 0.4) is 0 Å². The lowest BCUT2D eigenvalue weighted by molar-refractivity contribution is -0.132. The predicted molar refractivity (Wildman–Crippen MR) is 79.4 cm³/mol. The average molecular weight is 274 g/mol. The van der Waals surface area contributed by atoms with E-state index in [0.29, 0.717) is 6.54 Å². The SMILES string of the molecule is CCc1ccccc1NC(=O)C1CCCN(C(C)=O)C1. The van der Waals surface area contributed by atoms with Crippen molar-refractivity contribution in [3.8, 4) is 0 Å². The van der Waals surface area contributed by atoms with E-state index in [-0.39, 0.29) is 17.7 Å². The van der Waals surface area contributed by atoms with Crippen molar-refractivity contribution >= 4 is 17.5 Å². The van der Waals surface area contributed by atoms with Crippen LogP contribution in [0, 0.1) is 5.92 Å². The molecule has 1 heterocycles. The highest BCUT2D eigenvalue weighted by atomic mass is 16.2. The van der Waals surface area contributed by atoms with E-state index in [1.165, 1.54) is 0 Å². The number of nitrogens with one attached hydrogen (secondary N) is 1. The Balaban J connectivity index is 2.02. The summed E-state index contributed by atoms with van der Waals surface area (Å²) in [5.74, 6) is -0.0223. The van der Waals surface area contributed by atoms with Crippen LogP contribution in [-0.4, -0.2) is 29.8 Å². The molecule has 2 amide bonds. The van der Waals surface area contributed by atoms with Crippen LogP contribution in [0.2, 0.25) is 0 Å². The molecule has 4 nitrogen and oxygen atoms in total. The molecule has 0 aromatic heterocycles. The van der Waals surface area contributed by atoms with Crippen molar-refractivity contribution < 1.29 is 9.59 Å². The second-order valence-electron chi connectivity index (χ2n) is 5.30. The molecule has 108 valence electrons. The second-order valence-corrected chi connectivity index (χ2v) is 5.30. The number of carbonyl (C=O) groups excluding carboxylic acids is 2. The van der Waals surface area contributed by atoms with E-state index >= 15 is 0 Å². The van der Waals surface area contributed by atoms with Crippen LogP contribution in [0.5, 0.6) is 0 Å². The van der Waals surface area contributed by atoms with Gasteiger partial charge in [0.2, 0.25) is 11.8 Å². The summed E-state index contributed by atoms with van der Waals surface area (Å²) in [6, 6.07) is 7.87. The van der Waals surface area contributed by atoms with E-state index in [9.17, 15) is 9.59 Å². The summed E-state index contributed by atoms with van der Waals surface area (Å²) >= 11 is 0. The third-order valence-electron chi connectivity index (χ3n) is 3.89. The molecule has 1 saturated heterocycles. The van der Waals surface area contributed by atoms with Gasteiger partial charge in [-0.3, -0.25) is 9.59 Å². The average Bonchev–Trinajstić information content (AvgIpc) is 2.48. The molecule has 0 aliphatic carbocycles. The number of anilines is 1. The number of piperidine rings is 1. The summed E-state index contributed by atoms with van der Waals surface area (Å²) in [6.07, 6.45) is 2.64. The van der Waals surface area contributed by atoms with Crippen molar-refractivity contribution in [3.05, 3.63) is 29.8 Å². The van der Waals surface area contributed by atoms with Crippen molar-refractivity contribution in [2.75, 3.05) is 18.4 Å². The van der Waals surface area contributed by atoms with E-state index in [4.69, 9.17) is 0 Å². The standard InChI is InChI=1S/C16H22N2O2/c1-3-13-7-4-5-9-15(13)17-16(20)14-8-6-10-18(11-14)12(2)19/h4-5,7,9,14H,3,6,8,10-11H2,1-2H3,(H,17,20). The van der Waals surface area contributed by atoms with Crippen molar-refractivity contribution in [1.29, 1.82) is 0 Å². The summed E-state index contributed by atoms with van der Waals surface area (Å²) < 4.78 is 0. The Bertz CT molecular complexity index is 499. The minimum absolute atomic E-state index is 0.0249. The smallest absolute Gasteiger partial charge is 0.229 e. The van der Waals surface area contributed by atoms with Gasteiger partial charge in [-0.15, -0.1) is 0 Å². The molecule has 0 saturated carbocycles. The Labute approximate surface area is 120 Å². The fourth-order valence-corrected chi connectivity index (χ4v) is 2.66. The number of hydrogen-bond acceptors (Lipinski definition) is 2. The zero-order chi connectivity index (χ0) is 14.5. The largest absolute Gasteiger partial charge is 0.342 e. The Morgan fingerprint density at radius 3 is 2.80 bits per heavy atom. The summed E-state index contributed by atoms with van der Waals surface area (Å²) in [5.41, 5.74) is 2.03. The van der Waals surface area contributed by atoms with Crippen molar-refractivity contribution in [3.63, 3.8) is 0 Å². The lowest BCUT2D eigenvalue weighted by atomic mass is 9.96. The van der Waals surface area contributed by atoms with Gasteiger partial charge < -0.3 is 10.2 Å². The molecule has 1 aliphatic rings. The molecule has 1 aliphatic heterocycles. The fraction of sp³-hybridized carbons (Fsp3) is 0.500. The fourth-order valence-electron chi connectivity index (χ4n) is 2.66. The molecule has 1 aromatic carbocycles. The molecule has 0 spiro atoms. The quantitative estimate of drug-likeness (QED) is 0.920. The van der Waals surface area contributed by atoms with Crippen molar-refractivity contribution in [2.24, 2.45) is 5.92 Å². The van der Waals surface area contributed by atoms with Crippen LogP contribution in [0.25, 0.3) is 0 Å². The van der Waals surface area contributed by atoms with Gasteiger partial charge in [0, 0.05) is 25.7 Å². The van der Waals surface area contributed by atoms with Gasteiger partial charge in [0.1, 0.15) is 0 Å². The number of rotatable bonds is 3. The van der Waals surface area contributed by atoms with Crippen LogP contribution < -0.4 is 5.32 Å². The third kappa shape index (κ3) is 3.38. The van der Waals surface area contributed by atoms with Crippen LogP contribution in [0.15, 0.2) is 24.3 Å². The maximum atomic E-state index is 12.4. The Hall–Kier alpha value is -1.84. The minimum Gasteiger partial charge on any atom is -0.342 e. The first-order chi connectivity index (χ1) is 9.61. The molecule has 1 fully saturated rings. The van der Waals surface area contributed by atoms with Gasteiger partial charge in [0.05, 0.1) is 5.92 Å². The highest BCUT2D eigenvalue weighted by molar-refractivity contribution is 5.93. The molecule has 0 radical (unpaired) electrons. The van der Waals surface area contributed by atoms with Gasteiger partial charge in [-0.05, 0) is 30.9 Å². The second kappa shape index (κ2) is 6.55.